The molecule has 29 heavy (non-hydrogen) atoms. The number of hydrogen-bond acceptors (Lipinski definition) is 4. The molecule has 0 saturated carbocycles. The number of carbonyl (C=O) groups excluding carboxylic acids is 1. The van der Waals surface area contributed by atoms with Crippen molar-refractivity contribution in [1.82, 2.24) is 4.57 Å². The minimum atomic E-state index is -0.651. The smallest absolute Gasteiger partial charge is 0.258 e. The Hall–Kier alpha value is -3.12. The van der Waals surface area contributed by atoms with Crippen LogP contribution in [-0.2, 0) is 22.5 Å². The van der Waals surface area contributed by atoms with Crippen LogP contribution in [0.2, 0.25) is 0 Å². The zero-order valence-corrected chi connectivity index (χ0v) is 16.7. The maximum absolute atomic E-state index is 12.5. The maximum Gasteiger partial charge on any atom is 0.258 e. The first-order valence-corrected chi connectivity index (χ1v) is 9.69. The van der Waals surface area contributed by atoms with Crippen LogP contribution in [0.4, 0.5) is 0 Å². The lowest BCUT2D eigenvalue weighted by Crippen LogP contribution is -2.35. The number of benzene rings is 2. The Balaban J connectivity index is 1.57. The molecule has 0 aliphatic heterocycles. The zero-order chi connectivity index (χ0) is 20.8. The summed E-state index contributed by atoms with van der Waals surface area (Å²) in [6, 6.07) is 16.9. The number of nitrogens with zero attached hydrogens (tertiary/aromatic N) is 1. The number of primary amides is 1. The molecule has 0 fully saturated rings. The molecule has 0 spiro atoms. The fraction of sp³-hybridized carbons (Fsp3) is 0.304. The Labute approximate surface area is 169 Å². The van der Waals surface area contributed by atoms with E-state index < -0.39 is 12.0 Å². The first-order chi connectivity index (χ1) is 13.9. The molecule has 0 bridgehead atoms. The van der Waals surface area contributed by atoms with E-state index in [9.17, 15) is 9.59 Å². The van der Waals surface area contributed by atoms with Crippen molar-refractivity contribution >= 4 is 16.7 Å². The van der Waals surface area contributed by atoms with Gasteiger partial charge in [-0.3, -0.25) is 9.59 Å². The Bertz CT molecular complexity index is 1020. The van der Waals surface area contributed by atoms with Crippen LogP contribution in [-0.4, -0.2) is 29.3 Å². The van der Waals surface area contributed by atoms with E-state index in [1.807, 2.05) is 68.4 Å². The number of rotatable bonds is 9. The summed E-state index contributed by atoms with van der Waals surface area (Å²) in [5.74, 6) is 0.225. The second-order valence-corrected chi connectivity index (χ2v) is 7.17. The SMILES string of the molecule is CC(C)OC(Cc1ccc(OCCn2ccc3ccccc3c2=O)cc1)C(N)=O. The molecule has 0 saturated heterocycles. The van der Waals surface area contributed by atoms with Crippen LogP contribution in [0.3, 0.4) is 0 Å². The number of carbonyl (C=O) groups is 1. The summed E-state index contributed by atoms with van der Waals surface area (Å²) in [6.45, 7) is 4.57. The lowest BCUT2D eigenvalue weighted by molar-refractivity contribution is -0.132. The minimum Gasteiger partial charge on any atom is -0.492 e. The van der Waals surface area contributed by atoms with Crippen molar-refractivity contribution in [2.75, 3.05) is 6.61 Å². The van der Waals surface area contributed by atoms with Crippen molar-refractivity contribution in [3.8, 4) is 5.75 Å². The van der Waals surface area contributed by atoms with E-state index in [1.54, 1.807) is 10.8 Å². The van der Waals surface area contributed by atoms with Crippen molar-refractivity contribution < 1.29 is 14.3 Å². The average molecular weight is 394 g/mol. The van der Waals surface area contributed by atoms with Crippen LogP contribution in [0.1, 0.15) is 19.4 Å². The quantitative estimate of drug-likeness (QED) is 0.605. The van der Waals surface area contributed by atoms with E-state index in [1.165, 1.54) is 0 Å². The van der Waals surface area contributed by atoms with Crippen molar-refractivity contribution in [2.45, 2.75) is 39.0 Å². The van der Waals surface area contributed by atoms with Gasteiger partial charge in [-0.15, -0.1) is 0 Å². The van der Waals surface area contributed by atoms with Crippen LogP contribution in [0.25, 0.3) is 10.8 Å². The van der Waals surface area contributed by atoms with E-state index in [0.29, 0.717) is 30.7 Å². The molecule has 1 heterocycles. The molecule has 1 unspecified atom stereocenters. The van der Waals surface area contributed by atoms with Crippen LogP contribution in [0, 0.1) is 0 Å². The predicted molar refractivity (Wildman–Crippen MR) is 113 cm³/mol. The van der Waals surface area contributed by atoms with Crippen molar-refractivity contribution in [3.63, 3.8) is 0 Å². The van der Waals surface area contributed by atoms with Gasteiger partial charge in [0.15, 0.2) is 0 Å². The summed E-state index contributed by atoms with van der Waals surface area (Å²) in [6.07, 6.45) is 1.48. The van der Waals surface area contributed by atoms with Crippen molar-refractivity contribution in [3.05, 3.63) is 76.7 Å². The standard InChI is InChI=1S/C23H26N2O4/c1-16(2)29-21(22(24)26)15-17-7-9-19(10-8-17)28-14-13-25-12-11-18-5-3-4-6-20(18)23(25)27/h3-12,16,21H,13-15H2,1-2H3,(H2,24,26). The number of aromatic nitrogens is 1. The third-order valence-electron chi connectivity index (χ3n) is 4.59. The largest absolute Gasteiger partial charge is 0.492 e. The third kappa shape index (κ3) is 5.45. The molecule has 1 aromatic heterocycles. The Morgan fingerprint density at radius 2 is 1.79 bits per heavy atom. The molecule has 0 aliphatic rings. The number of amides is 1. The lowest BCUT2D eigenvalue weighted by atomic mass is 10.1. The number of hydrogen-bond donors (Lipinski definition) is 1. The fourth-order valence-electron chi connectivity index (χ4n) is 3.15. The summed E-state index contributed by atoms with van der Waals surface area (Å²) >= 11 is 0. The number of pyridine rings is 1. The third-order valence-corrected chi connectivity index (χ3v) is 4.59. The molecule has 6 heteroatoms. The molecular weight excluding hydrogens is 368 g/mol. The van der Waals surface area contributed by atoms with Crippen LogP contribution in [0.5, 0.6) is 5.75 Å². The van der Waals surface area contributed by atoms with Gasteiger partial charge >= 0.3 is 0 Å². The van der Waals surface area contributed by atoms with E-state index in [4.69, 9.17) is 15.2 Å². The van der Waals surface area contributed by atoms with E-state index in [2.05, 4.69) is 0 Å². The van der Waals surface area contributed by atoms with Gasteiger partial charge < -0.3 is 19.8 Å². The van der Waals surface area contributed by atoms with Crippen molar-refractivity contribution in [2.24, 2.45) is 5.73 Å². The van der Waals surface area contributed by atoms with Crippen LogP contribution in [0.15, 0.2) is 65.6 Å². The highest BCUT2D eigenvalue weighted by atomic mass is 16.5. The maximum atomic E-state index is 12.5. The summed E-state index contributed by atoms with van der Waals surface area (Å²) in [7, 11) is 0. The average Bonchev–Trinajstić information content (AvgIpc) is 2.70. The first-order valence-electron chi connectivity index (χ1n) is 9.69. The molecule has 3 rings (SSSR count). The predicted octanol–water partition coefficient (Wildman–Crippen LogP) is 2.90. The van der Waals surface area contributed by atoms with Gasteiger partial charge in [-0.2, -0.15) is 0 Å². The van der Waals surface area contributed by atoms with E-state index >= 15 is 0 Å². The van der Waals surface area contributed by atoms with E-state index in [-0.39, 0.29) is 11.7 Å². The summed E-state index contributed by atoms with van der Waals surface area (Å²) in [5.41, 5.74) is 6.33. The molecule has 1 amide bonds. The van der Waals surface area contributed by atoms with Gasteiger partial charge in [0.1, 0.15) is 18.5 Å². The summed E-state index contributed by atoms with van der Waals surface area (Å²) < 4.78 is 13.0. The van der Waals surface area contributed by atoms with Gasteiger partial charge in [0.2, 0.25) is 5.91 Å². The second-order valence-electron chi connectivity index (χ2n) is 7.17. The van der Waals surface area contributed by atoms with Crippen LogP contribution < -0.4 is 16.0 Å². The molecular formula is C23H26N2O4. The van der Waals surface area contributed by atoms with Gasteiger partial charge in [-0.1, -0.05) is 30.3 Å². The van der Waals surface area contributed by atoms with Gasteiger partial charge in [0, 0.05) is 18.0 Å². The highest BCUT2D eigenvalue weighted by Gasteiger charge is 2.18. The molecule has 2 N–H and O–H groups in total. The van der Waals surface area contributed by atoms with Crippen LogP contribution >= 0.6 is 0 Å². The molecule has 0 aliphatic carbocycles. The molecule has 152 valence electrons. The van der Waals surface area contributed by atoms with Gasteiger partial charge in [-0.05, 0) is 49.1 Å². The number of nitrogens with two attached hydrogens (primary N) is 1. The zero-order valence-electron chi connectivity index (χ0n) is 16.7. The number of ether oxygens (including phenoxy) is 2. The van der Waals surface area contributed by atoms with Gasteiger partial charge in [0.05, 0.1) is 12.6 Å². The number of fused-ring (bicyclic) bond motifs is 1. The Morgan fingerprint density at radius 1 is 1.07 bits per heavy atom. The summed E-state index contributed by atoms with van der Waals surface area (Å²) in [4.78, 5) is 24.0. The highest BCUT2D eigenvalue weighted by Crippen LogP contribution is 2.15. The highest BCUT2D eigenvalue weighted by molar-refractivity contribution is 5.81. The molecule has 1 atom stereocenters. The molecule has 3 aromatic rings. The normalized spacial score (nSPS) is 12.2. The molecule has 6 nitrogen and oxygen atoms in total. The lowest BCUT2D eigenvalue weighted by Gasteiger charge is -2.17. The minimum absolute atomic E-state index is 0.0234. The second kappa shape index (κ2) is 9.39. The van der Waals surface area contributed by atoms with Gasteiger partial charge in [-0.25, -0.2) is 0 Å². The first kappa shape index (κ1) is 20.6. The van der Waals surface area contributed by atoms with E-state index in [0.717, 1.165) is 10.9 Å². The van der Waals surface area contributed by atoms with Gasteiger partial charge in [0.25, 0.3) is 5.56 Å². The fourth-order valence-corrected chi connectivity index (χ4v) is 3.15. The molecule has 0 radical (unpaired) electrons. The Morgan fingerprint density at radius 3 is 2.48 bits per heavy atom. The Kier molecular flexibility index (Phi) is 6.67. The van der Waals surface area contributed by atoms with Crippen molar-refractivity contribution in [1.29, 1.82) is 0 Å². The summed E-state index contributed by atoms with van der Waals surface area (Å²) in [5, 5.41) is 1.63. The molecule has 2 aromatic carbocycles. The topological polar surface area (TPSA) is 83.6 Å². The monoisotopic (exact) mass is 394 g/mol.